The molecule has 0 saturated carbocycles. The first kappa shape index (κ1) is 24.5. The molecule has 4 aromatic carbocycles. The predicted octanol–water partition coefficient (Wildman–Crippen LogP) is 7.13. The molecule has 0 unspecified atom stereocenters. The van der Waals surface area contributed by atoms with E-state index in [-0.39, 0.29) is 0 Å². The van der Waals surface area contributed by atoms with E-state index in [2.05, 4.69) is 20.8 Å². The average molecular weight is 518 g/mol. The van der Waals surface area contributed by atoms with Gasteiger partial charge >= 0.3 is 6.18 Å². The zero-order valence-corrected chi connectivity index (χ0v) is 20.8. The molecular formula is C28H22F3N5S. The summed E-state index contributed by atoms with van der Waals surface area (Å²) < 4.78 is 40.5. The maximum atomic E-state index is 12.9. The molecule has 0 amide bonds. The highest BCUT2D eigenvalue weighted by Crippen LogP contribution is 2.31. The molecule has 0 saturated heterocycles. The maximum absolute atomic E-state index is 12.9. The quantitative estimate of drug-likeness (QED) is 0.151. The Labute approximate surface area is 216 Å². The number of halogens is 3. The van der Waals surface area contributed by atoms with Crippen LogP contribution in [-0.4, -0.2) is 20.9 Å². The Kier molecular flexibility index (Phi) is 6.39. The average Bonchev–Trinajstić information content (AvgIpc) is 3.30. The van der Waals surface area contributed by atoms with Crippen LogP contribution in [0.1, 0.15) is 22.3 Å². The summed E-state index contributed by atoms with van der Waals surface area (Å²) in [6.07, 6.45) is -1.07. The lowest BCUT2D eigenvalue weighted by Gasteiger charge is -2.12. The standard InChI is InChI=1S/C28H22F3N5S/c1-17-4-3-5-18(2)25(17)34-27(37)35-33-15-19-6-12-23-20(14-19)7-13-24-26(23)32-16-36(24)22-10-8-21(9-11-22)28(29,30)31/h3-16H,1-2H3,(H2,34,35,37). The van der Waals surface area contributed by atoms with Gasteiger partial charge in [0.25, 0.3) is 0 Å². The molecule has 0 atom stereocenters. The third-order valence-corrected chi connectivity index (χ3v) is 6.32. The lowest BCUT2D eigenvalue weighted by molar-refractivity contribution is -0.137. The summed E-state index contributed by atoms with van der Waals surface area (Å²) in [5.41, 5.74) is 8.35. The van der Waals surface area contributed by atoms with Crippen molar-refractivity contribution in [2.45, 2.75) is 20.0 Å². The van der Waals surface area contributed by atoms with E-state index in [9.17, 15) is 13.2 Å². The number of aromatic nitrogens is 2. The number of imidazole rings is 1. The minimum absolute atomic E-state index is 0.393. The second-order valence-electron chi connectivity index (χ2n) is 8.66. The van der Waals surface area contributed by atoms with Crippen LogP contribution in [0, 0.1) is 13.8 Å². The smallest absolute Gasteiger partial charge is 0.331 e. The number of anilines is 1. The van der Waals surface area contributed by atoms with Crippen molar-refractivity contribution in [1.82, 2.24) is 15.0 Å². The number of alkyl halides is 3. The molecule has 9 heteroatoms. The molecule has 0 aliphatic rings. The van der Waals surface area contributed by atoms with E-state index in [0.29, 0.717) is 10.8 Å². The summed E-state index contributed by atoms with van der Waals surface area (Å²) in [6, 6.07) is 20.8. The molecule has 5 rings (SSSR count). The fourth-order valence-corrected chi connectivity index (χ4v) is 4.40. The first-order valence-corrected chi connectivity index (χ1v) is 11.9. The molecule has 0 aliphatic heterocycles. The number of thiocarbonyl (C=S) groups is 1. The molecule has 5 nitrogen and oxygen atoms in total. The third kappa shape index (κ3) is 5.03. The number of hydrazone groups is 1. The van der Waals surface area contributed by atoms with Gasteiger partial charge in [0.15, 0.2) is 5.11 Å². The molecule has 37 heavy (non-hydrogen) atoms. The molecule has 186 valence electrons. The lowest BCUT2D eigenvalue weighted by Crippen LogP contribution is -2.24. The topological polar surface area (TPSA) is 54.2 Å². The highest BCUT2D eigenvalue weighted by molar-refractivity contribution is 7.80. The number of hydrogen-bond donors (Lipinski definition) is 2. The van der Waals surface area contributed by atoms with Crippen LogP contribution in [-0.2, 0) is 6.18 Å². The highest BCUT2D eigenvalue weighted by Gasteiger charge is 2.30. The van der Waals surface area contributed by atoms with Gasteiger partial charge < -0.3 is 5.32 Å². The van der Waals surface area contributed by atoms with Crippen molar-refractivity contribution in [3.63, 3.8) is 0 Å². The summed E-state index contributed by atoms with van der Waals surface area (Å²) in [7, 11) is 0. The Morgan fingerprint density at radius 1 is 0.973 bits per heavy atom. The van der Waals surface area contributed by atoms with Gasteiger partial charge in [-0.3, -0.25) is 9.99 Å². The van der Waals surface area contributed by atoms with Crippen LogP contribution in [0.25, 0.3) is 27.5 Å². The Morgan fingerprint density at radius 3 is 2.41 bits per heavy atom. The number of aryl methyl sites for hydroxylation is 2. The summed E-state index contributed by atoms with van der Waals surface area (Å²) in [6.45, 7) is 4.03. The maximum Gasteiger partial charge on any atom is 0.416 e. The highest BCUT2D eigenvalue weighted by atomic mass is 32.1. The van der Waals surface area contributed by atoms with Gasteiger partial charge in [0.1, 0.15) is 6.33 Å². The fourth-order valence-electron chi connectivity index (χ4n) is 4.24. The third-order valence-electron chi connectivity index (χ3n) is 6.13. The molecule has 0 radical (unpaired) electrons. The van der Waals surface area contributed by atoms with Gasteiger partial charge in [0, 0.05) is 16.8 Å². The van der Waals surface area contributed by atoms with E-state index >= 15 is 0 Å². The second-order valence-corrected chi connectivity index (χ2v) is 9.07. The number of fused-ring (bicyclic) bond motifs is 3. The molecule has 0 bridgehead atoms. The first-order valence-electron chi connectivity index (χ1n) is 11.4. The van der Waals surface area contributed by atoms with Crippen LogP contribution < -0.4 is 10.7 Å². The minimum atomic E-state index is -4.37. The molecule has 0 aliphatic carbocycles. The van der Waals surface area contributed by atoms with Gasteiger partial charge in [-0.05, 0) is 84.5 Å². The zero-order chi connectivity index (χ0) is 26.2. The van der Waals surface area contributed by atoms with E-state index in [1.165, 1.54) is 12.1 Å². The number of hydrogen-bond acceptors (Lipinski definition) is 3. The predicted molar refractivity (Wildman–Crippen MR) is 146 cm³/mol. The Bertz CT molecular complexity index is 1630. The van der Waals surface area contributed by atoms with E-state index in [4.69, 9.17) is 12.2 Å². The normalized spacial score (nSPS) is 11.9. The van der Waals surface area contributed by atoms with Gasteiger partial charge in [-0.2, -0.15) is 18.3 Å². The van der Waals surface area contributed by atoms with Crippen LogP contribution >= 0.6 is 12.2 Å². The Hall–Kier alpha value is -4.24. The zero-order valence-electron chi connectivity index (χ0n) is 20.0. The Balaban J connectivity index is 1.34. The van der Waals surface area contributed by atoms with Gasteiger partial charge in [0.2, 0.25) is 0 Å². The fraction of sp³-hybridized carbons (Fsp3) is 0.107. The van der Waals surface area contributed by atoms with Crippen molar-refractivity contribution in [2.24, 2.45) is 5.10 Å². The van der Waals surface area contributed by atoms with Gasteiger partial charge in [-0.25, -0.2) is 4.98 Å². The SMILES string of the molecule is Cc1cccc(C)c1NC(=S)NN=Cc1ccc2c(ccc3c2ncn3-c2ccc(C(F)(F)F)cc2)c1. The largest absolute Gasteiger partial charge is 0.416 e. The number of benzene rings is 4. The number of nitrogens with zero attached hydrogens (tertiary/aromatic N) is 3. The van der Waals surface area contributed by atoms with Crippen molar-refractivity contribution in [3.05, 3.63) is 101 Å². The molecule has 0 spiro atoms. The summed E-state index contributed by atoms with van der Waals surface area (Å²) in [5, 5.41) is 9.72. The lowest BCUT2D eigenvalue weighted by atomic mass is 10.1. The van der Waals surface area contributed by atoms with Crippen LogP contribution in [0.5, 0.6) is 0 Å². The van der Waals surface area contributed by atoms with Gasteiger partial charge in [0.05, 0.1) is 22.8 Å². The van der Waals surface area contributed by atoms with E-state index in [1.54, 1.807) is 17.1 Å². The van der Waals surface area contributed by atoms with E-state index in [1.807, 2.05) is 62.4 Å². The van der Waals surface area contributed by atoms with Crippen molar-refractivity contribution < 1.29 is 13.2 Å². The van der Waals surface area contributed by atoms with Crippen molar-refractivity contribution in [2.75, 3.05) is 5.32 Å². The van der Waals surface area contributed by atoms with Crippen LogP contribution in [0.4, 0.5) is 18.9 Å². The summed E-state index contributed by atoms with van der Waals surface area (Å²) >= 11 is 5.37. The van der Waals surface area contributed by atoms with E-state index < -0.39 is 11.7 Å². The minimum Gasteiger partial charge on any atom is -0.331 e. The number of para-hydroxylation sites is 1. The Morgan fingerprint density at radius 2 is 1.70 bits per heavy atom. The molecular weight excluding hydrogens is 495 g/mol. The molecule has 2 N–H and O–H groups in total. The van der Waals surface area contributed by atoms with Crippen LogP contribution in [0.2, 0.25) is 0 Å². The number of nitrogens with one attached hydrogen (secondary N) is 2. The molecule has 5 aromatic rings. The van der Waals surface area contributed by atoms with Crippen LogP contribution in [0.15, 0.2) is 84.2 Å². The van der Waals surface area contributed by atoms with E-state index in [0.717, 1.165) is 56.3 Å². The first-order chi connectivity index (χ1) is 17.7. The van der Waals surface area contributed by atoms with Crippen molar-refractivity contribution in [3.8, 4) is 5.69 Å². The molecule has 1 aromatic heterocycles. The molecule has 0 fully saturated rings. The van der Waals surface area contributed by atoms with Crippen molar-refractivity contribution >= 4 is 51.0 Å². The summed E-state index contributed by atoms with van der Waals surface area (Å²) in [4.78, 5) is 4.53. The monoisotopic (exact) mass is 517 g/mol. The van der Waals surface area contributed by atoms with Crippen molar-refractivity contribution in [1.29, 1.82) is 0 Å². The van der Waals surface area contributed by atoms with Crippen LogP contribution in [0.3, 0.4) is 0 Å². The summed E-state index contributed by atoms with van der Waals surface area (Å²) in [5.74, 6) is 0. The van der Waals surface area contributed by atoms with Gasteiger partial charge in [-0.15, -0.1) is 0 Å². The number of rotatable bonds is 4. The van der Waals surface area contributed by atoms with Gasteiger partial charge in [-0.1, -0.05) is 36.4 Å². The second kappa shape index (κ2) is 9.67. The molecule has 1 heterocycles.